The molecule has 13 rings (SSSR count). The van der Waals surface area contributed by atoms with Gasteiger partial charge < -0.3 is 14.4 Å². The molecule has 4 heteroatoms. The van der Waals surface area contributed by atoms with Crippen molar-refractivity contribution in [2.75, 3.05) is 9.80 Å². The SMILES string of the molecule is CC1(C)c2ccccc2-c2ccc(N(c3ccccc3)c3ccc4c(c3)[Si](C)(C)c3cccc5c(N(c6ccccc6)c6ccc7c(c6)c6ccccc6n7-c6ccccc6)ccc-4c35)cc21. The molecule has 1 aromatic heterocycles. The highest BCUT2D eigenvalue weighted by Crippen LogP contribution is 2.51. The molecule has 0 radical (unpaired) electrons. The van der Waals surface area contributed by atoms with E-state index in [2.05, 4.69) is 266 Å². The van der Waals surface area contributed by atoms with Gasteiger partial charge in [-0.15, -0.1) is 0 Å². The molecule has 0 fully saturated rings. The van der Waals surface area contributed by atoms with Crippen LogP contribution in [0.1, 0.15) is 25.0 Å². The minimum Gasteiger partial charge on any atom is -0.310 e. The van der Waals surface area contributed by atoms with Crippen LogP contribution in [0.3, 0.4) is 0 Å². The van der Waals surface area contributed by atoms with E-state index in [9.17, 15) is 0 Å². The Morgan fingerprint density at radius 2 is 0.940 bits per heavy atom. The van der Waals surface area contributed by atoms with E-state index in [0.717, 1.165) is 22.7 Å². The topological polar surface area (TPSA) is 11.4 Å². The van der Waals surface area contributed by atoms with E-state index in [1.54, 1.807) is 0 Å². The van der Waals surface area contributed by atoms with E-state index in [-0.39, 0.29) is 5.41 Å². The summed E-state index contributed by atoms with van der Waals surface area (Å²) in [6, 6.07) is 83.5. The Hall–Kier alpha value is -7.92. The number of hydrogen-bond acceptors (Lipinski definition) is 2. The Morgan fingerprint density at radius 1 is 0.373 bits per heavy atom. The number of anilines is 6. The molecule has 0 unspecified atom stereocenters. The first-order valence-electron chi connectivity index (χ1n) is 23.5. The van der Waals surface area contributed by atoms with Gasteiger partial charge in [-0.25, -0.2) is 0 Å². The molecule has 2 heterocycles. The van der Waals surface area contributed by atoms with Gasteiger partial charge in [-0.2, -0.15) is 0 Å². The van der Waals surface area contributed by atoms with E-state index >= 15 is 0 Å². The Balaban J connectivity index is 0.968. The van der Waals surface area contributed by atoms with Gasteiger partial charge in [0.1, 0.15) is 8.07 Å². The Bertz CT molecular complexity index is 3760. The third-order valence-corrected chi connectivity index (χ3v) is 18.5. The highest BCUT2D eigenvalue weighted by Gasteiger charge is 2.38. The quantitative estimate of drug-likeness (QED) is 0.148. The highest BCUT2D eigenvalue weighted by molar-refractivity contribution is 7.03. The van der Waals surface area contributed by atoms with Crippen LogP contribution < -0.4 is 20.2 Å². The van der Waals surface area contributed by atoms with Gasteiger partial charge in [0.05, 0.1) is 16.7 Å². The predicted octanol–water partition coefficient (Wildman–Crippen LogP) is 16.0. The second-order valence-electron chi connectivity index (χ2n) is 19.3. The predicted molar refractivity (Wildman–Crippen MR) is 287 cm³/mol. The average Bonchev–Trinajstić information content (AvgIpc) is 3.82. The minimum absolute atomic E-state index is 0.0953. The molecule has 10 aromatic carbocycles. The fraction of sp³-hybridized carbons (Fsp3) is 0.0794. The van der Waals surface area contributed by atoms with Crippen LogP contribution in [-0.2, 0) is 5.41 Å². The van der Waals surface area contributed by atoms with Crippen LogP contribution in [0.25, 0.3) is 60.5 Å². The highest BCUT2D eigenvalue weighted by atomic mass is 28.3. The van der Waals surface area contributed by atoms with E-state index in [1.807, 2.05) is 0 Å². The van der Waals surface area contributed by atoms with Crippen molar-refractivity contribution in [2.45, 2.75) is 32.4 Å². The molecule has 1 aliphatic heterocycles. The molecule has 0 amide bonds. The van der Waals surface area contributed by atoms with Crippen LogP contribution in [0.4, 0.5) is 34.1 Å². The van der Waals surface area contributed by atoms with Gasteiger partial charge in [-0.3, -0.25) is 0 Å². The molecule has 0 bridgehead atoms. The molecule has 67 heavy (non-hydrogen) atoms. The zero-order valence-corrected chi connectivity index (χ0v) is 39.2. The Labute approximate surface area is 393 Å². The van der Waals surface area contributed by atoms with Crippen molar-refractivity contribution < 1.29 is 0 Å². The number of hydrogen-bond donors (Lipinski definition) is 0. The van der Waals surface area contributed by atoms with Gasteiger partial charge in [0, 0.05) is 55.7 Å². The summed E-state index contributed by atoms with van der Waals surface area (Å²) >= 11 is 0. The number of aromatic nitrogens is 1. The number of benzene rings is 10. The lowest BCUT2D eigenvalue weighted by Gasteiger charge is -2.36. The van der Waals surface area contributed by atoms with Crippen molar-refractivity contribution in [1.29, 1.82) is 0 Å². The zero-order valence-electron chi connectivity index (χ0n) is 38.2. The molecule has 0 saturated carbocycles. The first-order valence-corrected chi connectivity index (χ1v) is 26.5. The summed E-state index contributed by atoms with van der Waals surface area (Å²) in [6.45, 7) is 9.84. The number of fused-ring (bicyclic) bond motifs is 8. The van der Waals surface area contributed by atoms with Crippen LogP contribution in [0.5, 0.6) is 0 Å². The number of nitrogens with zero attached hydrogens (tertiary/aromatic N) is 3. The largest absolute Gasteiger partial charge is 0.310 e. The lowest BCUT2D eigenvalue weighted by molar-refractivity contribution is 0.660. The van der Waals surface area contributed by atoms with E-state index < -0.39 is 8.07 Å². The van der Waals surface area contributed by atoms with Crippen molar-refractivity contribution in [3.05, 3.63) is 236 Å². The lowest BCUT2D eigenvalue weighted by Crippen LogP contribution is -2.56. The van der Waals surface area contributed by atoms with Gasteiger partial charge in [0.25, 0.3) is 0 Å². The summed E-state index contributed by atoms with van der Waals surface area (Å²) in [6.07, 6.45) is 0. The maximum Gasteiger partial charge on any atom is 0.113 e. The van der Waals surface area contributed by atoms with Gasteiger partial charge in [-0.05, 0) is 140 Å². The average molecular weight is 876 g/mol. The molecule has 0 saturated heterocycles. The molecular weight excluding hydrogens is 827 g/mol. The van der Waals surface area contributed by atoms with Gasteiger partial charge >= 0.3 is 0 Å². The fourth-order valence-electron chi connectivity index (χ4n) is 11.7. The first-order chi connectivity index (χ1) is 32.8. The summed E-state index contributed by atoms with van der Waals surface area (Å²) in [5.74, 6) is 0. The summed E-state index contributed by atoms with van der Waals surface area (Å²) in [5.41, 5.74) is 18.5. The monoisotopic (exact) mass is 875 g/mol. The Morgan fingerprint density at radius 3 is 1.72 bits per heavy atom. The van der Waals surface area contributed by atoms with Gasteiger partial charge in [0.2, 0.25) is 0 Å². The molecule has 0 spiro atoms. The van der Waals surface area contributed by atoms with E-state index in [0.29, 0.717) is 0 Å². The second kappa shape index (κ2) is 14.8. The third-order valence-electron chi connectivity index (χ3n) is 14.9. The molecule has 11 aromatic rings. The maximum absolute atomic E-state index is 2.55. The zero-order chi connectivity index (χ0) is 45.0. The second-order valence-corrected chi connectivity index (χ2v) is 23.7. The maximum atomic E-state index is 2.55. The molecule has 0 N–H and O–H groups in total. The summed E-state index contributed by atoms with van der Waals surface area (Å²) in [4.78, 5) is 4.94. The lowest BCUT2D eigenvalue weighted by atomic mass is 9.82. The van der Waals surface area contributed by atoms with Crippen LogP contribution >= 0.6 is 0 Å². The standard InChI is InChI=1S/C63H49N3Si/c1-63(2)55-28-16-14-25-48(55)49-34-31-46(40-56(49)63)64(42-19-8-5-9-20-42)47-32-35-51-52-36-38-58(53-27-18-30-60(62(52)53)67(3,4)61(51)41-47)65(43-21-10-6-11-22-43)45-33-37-59-54(39-45)50-26-15-17-29-57(50)66(59)44-23-12-7-13-24-44/h5-41H,1-4H3. The molecule has 1 aliphatic carbocycles. The number of rotatable bonds is 7. The molecule has 2 aliphatic rings. The number of para-hydroxylation sites is 4. The minimum atomic E-state index is -2.28. The van der Waals surface area contributed by atoms with Crippen LogP contribution in [0.15, 0.2) is 224 Å². The van der Waals surface area contributed by atoms with Crippen molar-refractivity contribution in [3.8, 4) is 27.9 Å². The van der Waals surface area contributed by atoms with Crippen LogP contribution in [0.2, 0.25) is 13.1 Å². The third kappa shape index (κ3) is 5.89. The van der Waals surface area contributed by atoms with Gasteiger partial charge in [-0.1, -0.05) is 160 Å². The van der Waals surface area contributed by atoms with Crippen molar-refractivity contribution >= 4 is 85.1 Å². The van der Waals surface area contributed by atoms with Crippen molar-refractivity contribution in [1.82, 2.24) is 4.57 Å². The van der Waals surface area contributed by atoms with E-state index in [4.69, 9.17) is 0 Å². The molecule has 3 nitrogen and oxygen atoms in total. The van der Waals surface area contributed by atoms with Crippen molar-refractivity contribution in [3.63, 3.8) is 0 Å². The van der Waals surface area contributed by atoms with E-state index in [1.165, 1.54) is 93.4 Å². The fourth-order valence-corrected chi connectivity index (χ4v) is 14.8. The van der Waals surface area contributed by atoms with Crippen LogP contribution in [-0.4, -0.2) is 12.6 Å². The Kier molecular flexibility index (Phi) is 8.71. The normalized spacial score (nSPS) is 13.9. The first kappa shape index (κ1) is 39.4. The summed E-state index contributed by atoms with van der Waals surface area (Å²) in [5, 5.41) is 8.07. The summed E-state index contributed by atoms with van der Waals surface area (Å²) in [7, 11) is -2.28. The van der Waals surface area contributed by atoms with Crippen LogP contribution in [0, 0.1) is 0 Å². The van der Waals surface area contributed by atoms with Gasteiger partial charge in [0.15, 0.2) is 0 Å². The summed E-state index contributed by atoms with van der Waals surface area (Å²) < 4.78 is 2.39. The molecular formula is C63H49N3Si. The molecule has 320 valence electrons. The molecule has 0 atom stereocenters. The smallest absolute Gasteiger partial charge is 0.113 e. The van der Waals surface area contributed by atoms with Crippen molar-refractivity contribution in [2.24, 2.45) is 0 Å².